The summed E-state index contributed by atoms with van der Waals surface area (Å²) in [5.41, 5.74) is 6.85. The molecule has 1 rings (SSSR count). The predicted octanol–water partition coefficient (Wildman–Crippen LogP) is 1.81. The number of nitrogens with two attached hydrogens (primary N) is 1. The van der Waals surface area contributed by atoms with Crippen molar-refractivity contribution in [1.29, 1.82) is 0 Å². The van der Waals surface area contributed by atoms with Gasteiger partial charge in [-0.15, -0.1) is 0 Å². The van der Waals surface area contributed by atoms with E-state index in [1.807, 2.05) is 12.3 Å². The molecule has 0 fully saturated rings. The van der Waals surface area contributed by atoms with Gasteiger partial charge in [0.1, 0.15) is 5.82 Å². The third kappa shape index (κ3) is 3.88. The molecule has 0 aliphatic rings. The van der Waals surface area contributed by atoms with Crippen molar-refractivity contribution < 1.29 is 0 Å². The highest BCUT2D eigenvalue weighted by Gasteiger charge is 2.08. The van der Waals surface area contributed by atoms with Gasteiger partial charge in [-0.2, -0.15) is 0 Å². The van der Waals surface area contributed by atoms with E-state index in [0.29, 0.717) is 12.5 Å². The third-order valence-corrected chi connectivity index (χ3v) is 2.21. The number of hydrogen-bond donors (Lipinski definition) is 1. The van der Waals surface area contributed by atoms with Gasteiger partial charge in [0.15, 0.2) is 0 Å². The Morgan fingerprint density at radius 1 is 1.47 bits per heavy atom. The van der Waals surface area contributed by atoms with E-state index >= 15 is 0 Å². The van der Waals surface area contributed by atoms with Crippen LogP contribution in [0.15, 0.2) is 18.3 Å². The minimum absolute atomic E-state index is 0.624. The number of anilines is 1. The average molecular weight is 207 g/mol. The molecule has 0 aliphatic heterocycles. The highest BCUT2D eigenvalue weighted by atomic mass is 15.2. The lowest BCUT2D eigenvalue weighted by Crippen LogP contribution is -2.33. The highest BCUT2D eigenvalue weighted by Crippen LogP contribution is 2.13. The van der Waals surface area contributed by atoms with Gasteiger partial charge in [-0.25, -0.2) is 4.98 Å². The molecule has 0 saturated heterocycles. The Hall–Kier alpha value is -1.09. The molecular weight excluding hydrogens is 186 g/mol. The van der Waals surface area contributed by atoms with Gasteiger partial charge in [-0.1, -0.05) is 13.8 Å². The van der Waals surface area contributed by atoms with E-state index in [4.69, 9.17) is 5.73 Å². The second-order valence-electron chi connectivity index (χ2n) is 4.32. The van der Waals surface area contributed by atoms with E-state index < -0.39 is 0 Å². The molecule has 0 radical (unpaired) electrons. The Kier molecular flexibility index (Phi) is 4.56. The predicted molar refractivity (Wildman–Crippen MR) is 65.1 cm³/mol. The normalized spacial score (nSPS) is 10.7. The zero-order valence-corrected chi connectivity index (χ0v) is 9.90. The van der Waals surface area contributed by atoms with Gasteiger partial charge in [0.25, 0.3) is 0 Å². The summed E-state index contributed by atoms with van der Waals surface area (Å²) >= 11 is 0. The molecule has 0 aliphatic carbocycles. The molecule has 84 valence electrons. The number of aryl methyl sites for hydroxylation is 1. The van der Waals surface area contributed by atoms with Crippen LogP contribution in [0, 0.1) is 12.8 Å². The van der Waals surface area contributed by atoms with Gasteiger partial charge >= 0.3 is 0 Å². The van der Waals surface area contributed by atoms with Crippen LogP contribution in [0.1, 0.15) is 19.4 Å². The van der Waals surface area contributed by atoms with Crippen molar-refractivity contribution in [2.24, 2.45) is 11.7 Å². The third-order valence-electron chi connectivity index (χ3n) is 2.21. The fourth-order valence-corrected chi connectivity index (χ4v) is 1.59. The van der Waals surface area contributed by atoms with Crippen LogP contribution in [0.4, 0.5) is 5.82 Å². The van der Waals surface area contributed by atoms with Crippen LogP contribution in [0.2, 0.25) is 0 Å². The summed E-state index contributed by atoms with van der Waals surface area (Å²) in [6.07, 6.45) is 1.86. The summed E-state index contributed by atoms with van der Waals surface area (Å²) in [7, 11) is 0. The van der Waals surface area contributed by atoms with Gasteiger partial charge in [0.05, 0.1) is 0 Å². The standard InChI is InChI=1S/C12H21N3/c1-10(2)9-15(7-5-13)12-8-11(3)4-6-14-12/h4,6,8,10H,5,7,9,13H2,1-3H3. The molecule has 1 aromatic heterocycles. The maximum absolute atomic E-state index is 5.61. The second-order valence-corrected chi connectivity index (χ2v) is 4.32. The first-order valence-electron chi connectivity index (χ1n) is 5.51. The zero-order chi connectivity index (χ0) is 11.3. The second kappa shape index (κ2) is 5.71. The van der Waals surface area contributed by atoms with Gasteiger partial charge < -0.3 is 10.6 Å². The first-order chi connectivity index (χ1) is 7.13. The number of pyridine rings is 1. The molecule has 3 heteroatoms. The Bertz CT molecular complexity index is 297. The van der Waals surface area contributed by atoms with E-state index in [0.717, 1.165) is 18.9 Å². The summed E-state index contributed by atoms with van der Waals surface area (Å²) in [6.45, 7) is 9.05. The fraction of sp³-hybridized carbons (Fsp3) is 0.583. The summed E-state index contributed by atoms with van der Waals surface area (Å²) in [6, 6.07) is 4.12. The van der Waals surface area contributed by atoms with Crippen LogP contribution in [0.5, 0.6) is 0 Å². The molecule has 0 aromatic carbocycles. The molecule has 1 aromatic rings. The fourth-order valence-electron chi connectivity index (χ4n) is 1.59. The van der Waals surface area contributed by atoms with Crippen molar-refractivity contribution in [2.45, 2.75) is 20.8 Å². The summed E-state index contributed by atoms with van der Waals surface area (Å²) < 4.78 is 0. The molecule has 0 spiro atoms. The number of nitrogens with zero attached hydrogens (tertiary/aromatic N) is 2. The first-order valence-corrected chi connectivity index (χ1v) is 5.51. The van der Waals surface area contributed by atoms with Crippen LogP contribution < -0.4 is 10.6 Å². The maximum Gasteiger partial charge on any atom is 0.128 e. The molecule has 15 heavy (non-hydrogen) atoms. The van der Waals surface area contributed by atoms with Gasteiger partial charge in [-0.3, -0.25) is 0 Å². The minimum atomic E-state index is 0.624. The Morgan fingerprint density at radius 3 is 2.73 bits per heavy atom. The molecule has 1 heterocycles. The van der Waals surface area contributed by atoms with Crippen molar-refractivity contribution >= 4 is 5.82 Å². The quantitative estimate of drug-likeness (QED) is 0.800. The SMILES string of the molecule is Cc1ccnc(N(CCN)CC(C)C)c1. The van der Waals surface area contributed by atoms with E-state index in [9.17, 15) is 0 Å². The number of hydrogen-bond acceptors (Lipinski definition) is 3. The maximum atomic E-state index is 5.61. The van der Waals surface area contributed by atoms with Crippen LogP contribution >= 0.6 is 0 Å². The summed E-state index contributed by atoms with van der Waals surface area (Å²) in [5, 5.41) is 0. The molecule has 0 amide bonds. The van der Waals surface area contributed by atoms with E-state index in [1.165, 1.54) is 5.56 Å². The van der Waals surface area contributed by atoms with Gasteiger partial charge in [0, 0.05) is 25.8 Å². The Labute approximate surface area is 92.3 Å². The van der Waals surface area contributed by atoms with E-state index in [2.05, 4.69) is 36.7 Å². The van der Waals surface area contributed by atoms with Crippen molar-refractivity contribution in [3.05, 3.63) is 23.9 Å². The lowest BCUT2D eigenvalue weighted by molar-refractivity contribution is 0.607. The minimum Gasteiger partial charge on any atom is -0.355 e. The van der Waals surface area contributed by atoms with Crippen LogP contribution in [0.3, 0.4) is 0 Å². The summed E-state index contributed by atoms with van der Waals surface area (Å²) in [4.78, 5) is 6.63. The highest BCUT2D eigenvalue weighted by molar-refractivity contribution is 5.40. The van der Waals surface area contributed by atoms with Crippen molar-refractivity contribution in [3.8, 4) is 0 Å². The van der Waals surface area contributed by atoms with Crippen LogP contribution in [0.25, 0.3) is 0 Å². The van der Waals surface area contributed by atoms with Gasteiger partial charge in [0.2, 0.25) is 0 Å². The largest absolute Gasteiger partial charge is 0.355 e. The monoisotopic (exact) mass is 207 g/mol. The van der Waals surface area contributed by atoms with Crippen LogP contribution in [-0.4, -0.2) is 24.6 Å². The smallest absolute Gasteiger partial charge is 0.128 e. The Morgan fingerprint density at radius 2 is 2.20 bits per heavy atom. The number of rotatable bonds is 5. The molecule has 3 nitrogen and oxygen atoms in total. The lowest BCUT2D eigenvalue weighted by Gasteiger charge is -2.25. The summed E-state index contributed by atoms with van der Waals surface area (Å²) in [5.74, 6) is 1.66. The molecule has 0 atom stereocenters. The lowest BCUT2D eigenvalue weighted by atomic mass is 10.2. The van der Waals surface area contributed by atoms with Crippen molar-refractivity contribution in [3.63, 3.8) is 0 Å². The van der Waals surface area contributed by atoms with Crippen molar-refractivity contribution in [2.75, 3.05) is 24.5 Å². The topological polar surface area (TPSA) is 42.2 Å². The molecule has 0 bridgehead atoms. The van der Waals surface area contributed by atoms with Crippen LogP contribution in [-0.2, 0) is 0 Å². The van der Waals surface area contributed by atoms with Gasteiger partial charge in [-0.05, 0) is 30.5 Å². The average Bonchev–Trinajstić information content (AvgIpc) is 2.16. The van der Waals surface area contributed by atoms with Crippen molar-refractivity contribution in [1.82, 2.24) is 4.98 Å². The number of aromatic nitrogens is 1. The molecule has 0 unspecified atom stereocenters. The molecule has 2 N–H and O–H groups in total. The van der Waals surface area contributed by atoms with E-state index in [1.54, 1.807) is 0 Å². The zero-order valence-electron chi connectivity index (χ0n) is 9.90. The first kappa shape index (κ1) is 12.0. The molecule has 0 saturated carbocycles. The van der Waals surface area contributed by atoms with E-state index in [-0.39, 0.29) is 0 Å². The Balaban J connectivity index is 2.78. The molecular formula is C12H21N3.